The van der Waals surface area contributed by atoms with Crippen LogP contribution in [-0.4, -0.2) is 62.3 Å². The molecule has 2 aliphatic heterocycles. The van der Waals surface area contributed by atoms with Gasteiger partial charge in [0.05, 0.1) is 6.04 Å². The maximum atomic E-state index is 12.3. The number of nitrogens with zero attached hydrogens (tertiary/aromatic N) is 1. The molecule has 1 unspecified atom stereocenters. The number of hydrogen-bond donors (Lipinski definition) is 2. The molecule has 0 aliphatic carbocycles. The minimum Gasteiger partial charge on any atom is -0.382 e. The smallest absolute Gasteiger partial charge is 0.237 e. The second-order valence-corrected chi connectivity index (χ2v) is 5.72. The van der Waals surface area contributed by atoms with Gasteiger partial charge in [0.25, 0.3) is 0 Å². The van der Waals surface area contributed by atoms with Gasteiger partial charge in [0, 0.05) is 25.8 Å². The number of carbonyl (C=O) groups excluding carboxylic acids is 1. The average molecular weight is 283 g/mol. The van der Waals surface area contributed by atoms with Crippen molar-refractivity contribution in [2.24, 2.45) is 0 Å². The van der Waals surface area contributed by atoms with Crippen LogP contribution in [0.5, 0.6) is 0 Å². The molecule has 0 radical (unpaired) electrons. The van der Waals surface area contributed by atoms with Crippen LogP contribution in [0.4, 0.5) is 0 Å². The Morgan fingerprint density at radius 3 is 2.90 bits per heavy atom. The number of rotatable bonds is 7. The van der Waals surface area contributed by atoms with Gasteiger partial charge in [0.15, 0.2) is 0 Å². The van der Waals surface area contributed by atoms with Crippen molar-refractivity contribution in [2.45, 2.75) is 51.1 Å². The van der Waals surface area contributed by atoms with Crippen LogP contribution in [0.2, 0.25) is 0 Å². The highest BCUT2D eigenvalue weighted by atomic mass is 16.5. The highest BCUT2D eigenvalue weighted by Gasteiger charge is 2.35. The van der Waals surface area contributed by atoms with E-state index in [1.165, 1.54) is 12.8 Å². The third kappa shape index (κ3) is 4.43. The molecule has 0 saturated carbocycles. The summed E-state index contributed by atoms with van der Waals surface area (Å²) in [6.45, 7) is 7.47. The van der Waals surface area contributed by atoms with Gasteiger partial charge < -0.3 is 15.4 Å². The van der Waals surface area contributed by atoms with Gasteiger partial charge in [-0.2, -0.15) is 0 Å². The number of amides is 1. The fraction of sp³-hybridized carbons (Fsp3) is 0.933. The SMILES string of the molecule is CCOCCCNC(=O)C1CCCN1C1CCNCC1. The van der Waals surface area contributed by atoms with Crippen molar-refractivity contribution in [1.29, 1.82) is 0 Å². The molecular formula is C15H29N3O2. The Bertz CT molecular complexity index is 293. The van der Waals surface area contributed by atoms with Crippen molar-refractivity contribution in [3.05, 3.63) is 0 Å². The lowest BCUT2D eigenvalue weighted by Gasteiger charge is -2.35. The first-order valence-electron chi connectivity index (χ1n) is 8.15. The van der Waals surface area contributed by atoms with Gasteiger partial charge in [0.2, 0.25) is 5.91 Å². The molecule has 5 heteroatoms. The molecule has 20 heavy (non-hydrogen) atoms. The average Bonchev–Trinajstić information content (AvgIpc) is 2.97. The first kappa shape index (κ1) is 15.7. The lowest BCUT2D eigenvalue weighted by Crippen LogP contribution is -2.50. The molecule has 0 bridgehead atoms. The molecule has 5 nitrogen and oxygen atoms in total. The minimum absolute atomic E-state index is 0.102. The summed E-state index contributed by atoms with van der Waals surface area (Å²) in [6, 6.07) is 0.697. The Balaban J connectivity index is 1.73. The van der Waals surface area contributed by atoms with Crippen LogP contribution in [0.1, 0.15) is 39.0 Å². The molecule has 2 aliphatic rings. The summed E-state index contributed by atoms with van der Waals surface area (Å²) in [5.74, 6) is 0.220. The van der Waals surface area contributed by atoms with E-state index < -0.39 is 0 Å². The fourth-order valence-electron chi connectivity index (χ4n) is 3.29. The molecule has 0 aromatic carbocycles. The quantitative estimate of drug-likeness (QED) is 0.677. The normalized spacial score (nSPS) is 24.9. The molecule has 2 saturated heterocycles. The zero-order chi connectivity index (χ0) is 14.2. The predicted molar refractivity (Wildman–Crippen MR) is 79.7 cm³/mol. The highest BCUT2D eigenvalue weighted by Crippen LogP contribution is 2.24. The summed E-state index contributed by atoms with van der Waals surface area (Å²) < 4.78 is 5.29. The highest BCUT2D eigenvalue weighted by molar-refractivity contribution is 5.82. The van der Waals surface area contributed by atoms with Gasteiger partial charge in [-0.25, -0.2) is 0 Å². The number of hydrogen-bond acceptors (Lipinski definition) is 4. The third-order valence-electron chi connectivity index (χ3n) is 4.34. The van der Waals surface area contributed by atoms with Crippen LogP contribution in [0.25, 0.3) is 0 Å². The van der Waals surface area contributed by atoms with E-state index in [0.29, 0.717) is 6.04 Å². The summed E-state index contributed by atoms with van der Waals surface area (Å²) in [6.07, 6.45) is 5.42. The van der Waals surface area contributed by atoms with Crippen molar-refractivity contribution in [3.63, 3.8) is 0 Å². The number of ether oxygens (including phenoxy) is 1. The molecular weight excluding hydrogens is 254 g/mol. The predicted octanol–water partition coefficient (Wildman–Crippen LogP) is 0.746. The van der Waals surface area contributed by atoms with Crippen LogP contribution >= 0.6 is 0 Å². The van der Waals surface area contributed by atoms with Gasteiger partial charge in [-0.3, -0.25) is 9.69 Å². The topological polar surface area (TPSA) is 53.6 Å². The van der Waals surface area contributed by atoms with E-state index in [1.54, 1.807) is 0 Å². The van der Waals surface area contributed by atoms with Gasteiger partial charge in [0.1, 0.15) is 0 Å². The Hall–Kier alpha value is -0.650. The summed E-state index contributed by atoms with van der Waals surface area (Å²) in [5.41, 5.74) is 0. The number of nitrogens with one attached hydrogen (secondary N) is 2. The molecule has 2 rings (SSSR count). The third-order valence-corrected chi connectivity index (χ3v) is 4.34. The molecule has 0 spiro atoms. The molecule has 0 aromatic heterocycles. The first-order valence-corrected chi connectivity index (χ1v) is 8.15. The Morgan fingerprint density at radius 2 is 2.15 bits per heavy atom. The standard InChI is InChI=1S/C15H29N3O2/c1-2-20-12-4-8-17-15(19)14-5-3-11-18(14)13-6-9-16-10-7-13/h13-14,16H,2-12H2,1H3,(H,17,19). The van der Waals surface area contributed by atoms with E-state index in [2.05, 4.69) is 15.5 Å². The summed E-state index contributed by atoms with van der Waals surface area (Å²) >= 11 is 0. The summed E-state index contributed by atoms with van der Waals surface area (Å²) in [7, 11) is 0. The zero-order valence-electron chi connectivity index (χ0n) is 12.7. The number of carbonyl (C=O) groups is 1. The van der Waals surface area contributed by atoms with Gasteiger partial charge >= 0.3 is 0 Å². The largest absolute Gasteiger partial charge is 0.382 e. The maximum Gasteiger partial charge on any atom is 0.237 e. The molecule has 1 atom stereocenters. The molecule has 2 N–H and O–H groups in total. The van der Waals surface area contributed by atoms with Gasteiger partial charge in [-0.1, -0.05) is 0 Å². The van der Waals surface area contributed by atoms with Crippen LogP contribution in [0, 0.1) is 0 Å². The van der Waals surface area contributed by atoms with Crippen LogP contribution in [0.3, 0.4) is 0 Å². The Morgan fingerprint density at radius 1 is 1.35 bits per heavy atom. The monoisotopic (exact) mass is 283 g/mol. The van der Waals surface area contributed by atoms with Crippen LogP contribution in [0.15, 0.2) is 0 Å². The molecule has 2 heterocycles. The van der Waals surface area contributed by atoms with Crippen LogP contribution in [-0.2, 0) is 9.53 Å². The molecule has 2 fully saturated rings. The van der Waals surface area contributed by atoms with Crippen LogP contribution < -0.4 is 10.6 Å². The van der Waals surface area contributed by atoms with Gasteiger partial charge in [-0.05, 0) is 58.7 Å². The minimum atomic E-state index is 0.102. The maximum absolute atomic E-state index is 12.3. The fourth-order valence-corrected chi connectivity index (χ4v) is 3.29. The van der Waals surface area contributed by atoms with E-state index in [4.69, 9.17) is 4.74 Å². The lowest BCUT2D eigenvalue weighted by atomic mass is 10.0. The Kier molecular flexibility index (Phi) is 6.76. The van der Waals surface area contributed by atoms with Gasteiger partial charge in [-0.15, -0.1) is 0 Å². The molecule has 1 amide bonds. The second kappa shape index (κ2) is 8.60. The summed E-state index contributed by atoms with van der Waals surface area (Å²) in [5, 5.41) is 6.47. The molecule has 116 valence electrons. The van der Waals surface area contributed by atoms with E-state index in [9.17, 15) is 4.79 Å². The summed E-state index contributed by atoms with van der Waals surface area (Å²) in [4.78, 5) is 14.8. The van der Waals surface area contributed by atoms with Crippen molar-refractivity contribution in [3.8, 4) is 0 Å². The number of piperidine rings is 1. The number of likely N-dealkylation sites (tertiary alicyclic amines) is 1. The lowest BCUT2D eigenvalue weighted by molar-refractivity contribution is -0.126. The van der Waals surface area contributed by atoms with Crippen molar-refractivity contribution < 1.29 is 9.53 Å². The zero-order valence-corrected chi connectivity index (χ0v) is 12.7. The van der Waals surface area contributed by atoms with E-state index >= 15 is 0 Å². The molecule has 0 aromatic rings. The Labute approximate surface area is 122 Å². The first-order chi connectivity index (χ1) is 9.83. The van der Waals surface area contributed by atoms with Crippen molar-refractivity contribution >= 4 is 5.91 Å². The van der Waals surface area contributed by atoms with E-state index in [-0.39, 0.29) is 11.9 Å². The van der Waals surface area contributed by atoms with E-state index in [1.807, 2.05) is 6.92 Å². The van der Waals surface area contributed by atoms with E-state index in [0.717, 1.165) is 58.7 Å². The van der Waals surface area contributed by atoms with Crippen molar-refractivity contribution in [2.75, 3.05) is 39.4 Å². The van der Waals surface area contributed by atoms with Crippen molar-refractivity contribution in [1.82, 2.24) is 15.5 Å². The second-order valence-electron chi connectivity index (χ2n) is 5.72.